The highest BCUT2D eigenvalue weighted by atomic mass is 32.1. The molecule has 1 saturated carbocycles. The lowest BCUT2D eigenvalue weighted by molar-refractivity contribution is -0.120. The molecule has 0 unspecified atom stereocenters. The lowest BCUT2D eigenvalue weighted by atomic mass is 9.76. The van der Waals surface area contributed by atoms with Gasteiger partial charge in [-0.15, -0.1) is 11.3 Å². The van der Waals surface area contributed by atoms with E-state index in [9.17, 15) is 4.79 Å². The number of aryl methyl sites for hydroxylation is 1. The van der Waals surface area contributed by atoms with E-state index in [1.165, 1.54) is 16.9 Å². The number of hydrazone groups is 1. The molecule has 1 heterocycles. The van der Waals surface area contributed by atoms with Crippen molar-refractivity contribution in [2.45, 2.75) is 40.0 Å². The molecule has 0 radical (unpaired) electrons. The van der Waals surface area contributed by atoms with Gasteiger partial charge in [0.1, 0.15) is 5.78 Å². The molecule has 1 aromatic heterocycles. The van der Waals surface area contributed by atoms with E-state index in [0.29, 0.717) is 12.8 Å². The molecule has 120 valence electrons. The Bertz CT molecular complexity index is 744. The van der Waals surface area contributed by atoms with Crippen LogP contribution in [0.15, 0.2) is 34.7 Å². The molecule has 3 rings (SSSR count). The second-order valence-corrected chi connectivity index (χ2v) is 7.79. The van der Waals surface area contributed by atoms with Gasteiger partial charge in [0.25, 0.3) is 0 Å². The van der Waals surface area contributed by atoms with Crippen LogP contribution in [0.3, 0.4) is 0 Å². The van der Waals surface area contributed by atoms with Crippen LogP contribution in [0.1, 0.15) is 38.7 Å². The summed E-state index contributed by atoms with van der Waals surface area (Å²) >= 11 is 1.52. The van der Waals surface area contributed by atoms with Gasteiger partial charge in [0.05, 0.1) is 5.69 Å². The summed E-state index contributed by atoms with van der Waals surface area (Å²) in [6.07, 6.45) is 1.94. The van der Waals surface area contributed by atoms with Crippen molar-refractivity contribution in [3.63, 3.8) is 0 Å². The lowest BCUT2D eigenvalue weighted by Gasteiger charge is -2.28. The Kier molecular flexibility index (Phi) is 4.31. The normalized spacial score (nSPS) is 19.1. The largest absolute Gasteiger partial charge is 0.299 e. The number of carbonyl (C=O) groups excluding carboxylic acids is 1. The average molecular weight is 327 g/mol. The number of benzene rings is 1. The molecule has 1 aliphatic carbocycles. The van der Waals surface area contributed by atoms with Crippen molar-refractivity contribution >= 4 is 28.0 Å². The van der Waals surface area contributed by atoms with E-state index in [1.807, 2.05) is 5.38 Å². The summed E-state index contributed by atoms with van der Waals surface area (Å²) in [6, 6.07) is 8.31. The first-order valence-electron chi connectivity index (χ1n) is 7.77. The predicted octanol–water partition coefficient (Wildman–Crippen LogP) is 4.67. The van der Waals surface area contributed by atoms with Crippen molar-refractivity contribution in [2.75, 3.05) is 5.43 Å². The highest BCUT2D eigenvalue weighted by Crippen LogP contribution is 2.32. The van der Waals surface area contributed by atoms with Gasteiger partial charge in [0, 0.05) is 29.5 Å². The van der Waals surface area contributed by atoms with Crippen molar-refractivity contribution in [1.29, 1.82) is 0 Å². The Morgan fingerprint density at radius 1 is 1.22 bits per heavy atom. The van der Waals surface area contributed by atoms with Crippen LogP contribution in [0.2, 0.25) is 0 Å². The molecule has 0 amide bonds. The predicted molar refractivity (Wildman–Crippen MR) is 96.0 cm³/mol. The van der Waals surface area contributed by atoms with Gasteiger partial charge in [-0.3, -0.25) is 10.2 Å². The summed E-state index contributed by atoms with van der Waals surface area (Å²) in [6.45, 7) is 6.29. The van der Waals surface area contributed by atoms with Crippen LogP contribution in [0, 0.1) is 12.3 Å². The van der Waals surface area contributed by atoms with Crippen molar-refractivity contribution in [3.8, 4) is 11.3 Å². The van der Waals surface area contributed by atoms with Gasteiger partial charge in [0.15, 0.2) is 0 Å². The third-order valence-corrected chi connectivity index (χ3v) is 4.67. The van der Waals surface area contributed by atoms with Crippen LogP contribution < -0.4 is 5.43 Å². The molecule has 1 N–H and O–H groups in total. The highest BCUT2D eigenvalue weighted by molar-refractivity contribution is 7.14. The number of carbonyl (C=O) groups is 1. The summed E-state index contributed by atoms with van der Waals surface area (Å²) in [5, 5.41) is 7.18. The van der Waals surface area contributed by atoms with E-state index in [1.54, 1.807) is 0 Å². The third kappa shape index (κ3) is 4.05. The molecule has 1 fully saturated rings. The van der Waals surface area contributed by atoms with Crippen molar-refractivity contribution < 1.29 is 4.79 Å². The SMILES string of the molecule is Cc1ccc(-c2csc(NN=C3CC(=O)CC(C)(C)C3)n2)cc1. The summed E-state index contributed by atoms with van der Waals surface area (Å²) < 4.78 is 0. The molecule has 0 bridgehead atoms. The molecule has 0 aliphatic heterocycles. The lowest BCUT2D eigenvalue weighted by Crippen LogP contribution is -2.29. The molecular formula is C18H21N3OS. The fraction of sp³-hybridized carbons (Fsp3) is 0.389. The number of nitrogens with zero attached hydrogens (tertiary/aromatic N) is 2. The van der Waals surface area contributed by atoms with E-state index in [4.69, 9.17) is 0 Å². The molecule has 1 aliphatic rings. The molecule has 5 heteroatoms. The van der Waals surface area contributed by atoms with Crippen molar-refractivity contribution in [1.82, 2.24) is 4.98 Å². The number of hydrogen-bond acceptors (Lipinski definition) is 5. The Balaban J connectivity index is 1.71. The third-order valence-electron chi connectivity index (χ3n) is 3.92. The van der Waals surface area contributed by atoms with Gasteiger partial charge in [-0.1, -0.05) is 43.7 Å². The average Bonchev–Trinajstić information content (AvgIpc) is 2.93. The van der Waals surface area contributed by atoms with Gasteiger partial charge < -0.3 is 0 Å². The van der Waals surface area contributed by atoms with Crippen LogP contribution in [0.4, 0.5) is 5.13 Å². The van der Waals surface area contributed by atoms with Crippen LogP contribution in [0.25, 0.3) is 11.3 Å². The summed E-state index contributed by atoms with van der Waals surface area (Å²) in [5.74, 6) is 0.265. The van der Waals surface area contributed by atoms with Crippen LogP contribution in [-0.4, -0.2) is 16.5 Å². The molecule has 2 aromatic rings. The first kappa shape index (κ1) is 15.9. The van der Waals surface area contributed by atoms with Crippen LogP contribution in [0.5, 0.6) is 0 Å². The molecular weight excluding hydrogens is 306 g/mol. The monoisotopic (exact) mass is 327 g/mol. The second-order valence-electron chi connectivity index (χ2n) is 6.93. The van der Waals surface area contributed by atoms with Crippen LogP contribution in [-0.2, 0) is 4.79 Å². The molecule has 4 nitrogen and oxygen atoms in total. The standard InChI is InChI=1S/C18H21N3OS/c1-12-4-6-13(7-5-12)16-11-23-17(19-16)21-20-14-8-15(22)10-18(2,3)9-14/h4-7,11H,8-10H2,1-3H3,(H,19,21). The number of Topliss-reactive ketones (excluding diaryl/α,β-unsaturated/α-hetero) is 1. The fourth-order valence-electron chi connectivity index (χ4n) is 2.89. The first-order chi connectivity index (χ1) is 10.9. The number of aromatic nitrogens is 1. The van der Waals surface area contributed by atoms with Gasteiger partial charge in [0.2, 0.25) is 5.13 Å². The number of rotatable bonds is 3. The van der Waals surface area contributed by atoms with Gasteiger partial charge in [-0.05, 0) is 18.8 Å². The van der Waals surface area contributed by atoms with Gasteiger partial charge in [-0.2, -0.15) is 5.10 Å². The number of hydrogen-bond donors (Lipinski definition) is 1. The maximum atomic E-state index is 11.8. The zero-order chi connectivity index (χ0) is 16.4. The molecule has 0 atom stereocenters. The zero-order valence-electron chi connectivity index (χ0n) is 13.7. The molecule has 0 saturated heterocycles. The van der Waals surface area contributed by atoms with E-state index in [-0.39, 0.29) is 11.2 Å². The van der Waals surface area contributed by atoms with Crippen LogP contribution >= 0.6 is 11.3 Å². The van der Waals surface area contributed by atoms with E-state index < -0.39 is 0 Å². The number of ketones is 1. The second kappa shape index (κ2) is 6.24. The molecule has 0 spiro atoms. The zero-order valence-corrected chi connectivity index (χ0v) is 14.5. The van der Waals surface area contributed by atoms with E-state index in [2.05, 4.69) is 60.5 Å². The minimum Gasteiger partial charge on any atom is -0.299 e. The first-order valence-corrected chi connectivity index (χ1v) is 8.65. The van der Waals surface area contributed by atoms with Gasteiger partial charge >= 0.3 is 0 Å². The smallest absolute Gasteiger partial charge is 0.203 e. The Hall–Kier alpha value is -2.01. The minimum atomic E-state index is 0.00574. The maximum absolute atomic E-state index is 11.8. The van der Waals surface area contributed by atoms with Gasteiger partial charge in [-0.25, -0.2) is 4.98 Å². The quantitative estimate of drug-likeness (QED) is 0.834. The van der Waals surface area contributed by atoms with E-state index in [0.717, 1.165) is 28.5 Å². The Labute approximate surface area is 140 Å². The number of nitrogens with one attached hydrogen (secondary N) is 1. The van der Waals surface area contributed by atoms with Crippen molar-refractivity contribution in [2.24, 2.45) is 10.5 Å². The maximum Gasteiger partial charge on any atom is 0.203 e. The molecule has 1 aromatic carbocycles. The topological polar surface area (TPSA) is 54.4 Å². The summed E-state index contributed by atoms with van der Waals surface area (Å²) in [7, 11) is 0. The summed E-state index contributed by atoms with van der Waals surface area (Å²) in [5.41, 5.74) is 7.21. The number of anilines is 1. The van der Waals surface area contributed by atoms with E-state index >= 15 is 0 Å². The summed E-state index contributed by atoms with van der Waals surface area (Å²) in [4.78, 5) is 16.4. The minimum absolute atomic E-state index is 0.00574. The van der Waals surface area contributed by atoms with Crippen molar-refractivity contribution in [3.05, 3.63) is 35.2 Å². The Morgan fingerprint density at radius 3 is 2.65 bits per heavy atom. The fourth-order valence-corrected chi connectivity index (χ4v) is 3.55. The highest BCUT2D eigenvalue weighted by Gasteiger charge is 2.30. The molecule has 23 heavy (non-hydrogen) atoms. The number of thiazole rings is 1. The Morgan fingerprint density at radius 2 is 1.96 bits per heavy atom.